The monoisotopic (exact) mass is 605 g/mol. The summed E-state index contributed by atoms with van der Waals surface area (Å²) in [4.78, 5) is 29.6. The Morgan fingerprint density at radius 1 is 0.884 bits per heavy atom. The summed E-state index contributed by atoms with van der Waals surface area (Å²) < 4.78 is 29.4. The molecule has 0 aromatic carbocycles. The summed E-state index contributed by atoms with van der Waals surface area (Å²) in [5.41, 5.74) is 0. The van der Waals surface area contributed by atoms with Crippen LogP contribution in [0.15, 0.2) is 0 Å². The number of methoxy groups -OCH3 is 4. The smallest absolute Gasteiger partial charge is 0.248 e. The molecule has 10 heteroatoms. The van der Waals surface area contributed by atoms with Crippen molar-refractivity contribution in [3.8, 4) is 0 Å². The summed E-state index contributed by atoms with van der Waals surface area (Å²) in [7, 11) is 6.98. The van der Waals surface area contributed by atoms with E-state index in [0.29, 0.717) is 36.3 Å². The molecule has 0 aromatic rings. The normalized spacial score (nSPS) is 44.7. The highest BCUT2D eigenvalue weighted by Crippen LogP contribution is 2.54. The van der Waals surface area contributed by atoms with Crippen LogP contribution < -0.4 is 10.6 Å². The van der Waals surface area contributed by atoms with Crippen LogP contribution in [-0.2, 0) is 33.3 Å². The summed E-state index contributed by atoms with van der Waals surface area (Å²) >= 11 is 0. The first-order chi connectivity index (χ1) is 20.9. The lowest BCUT2D eigenvalue weighted by Crippen LogP contribution is -2.70. The third-order valence-electron chi connectivity index (χ3n) is 12.3. The molecule has 6 fully saturated rings. The van der Waals surface area contributed by atoms with Crippen LogP contribution in [0, 0.1) is 29.6 Å². The topological polar surface area (TPSA) is 108 Å². The molecule has 6 aliphatic rings. The van der Waals surface area contributed by atoms with E-state index in [1.165, 1.54) is 0 Å². The van der Waals surface area contributed by atoms with Crippen molar-refractivity contribution in [1.82, 2.24) is 15.5 Å². The predicted octanol–water partition coefficient (Wildman–Crippen LogP) is 2.52. The van der Waals surface area contributed by atoms with Crippen LogP contribution >= 0.6 is 0 Å². The van der Waals surface area contributed by atoms with Gasteiger partial charge in [-0.05, 0) is 101 Å². The van der Waals surface area contributed by atoms with Gasteiger partial charge in [-0.1, -0.05) is 0 Å². The Balaban J connectivity index is 1.04. The first-order valence-electron chi connectivity index (χ1n) is 17.0. The lowest BCUT2D eigenvalue weighted by atomic mass is 9.64. The zero-order valence-electron chi connectivity index (χ0n) is 26.9. The molecule has 244 valence electrons. The first-order valence-corrected chi connectivity index (χ1v) is 17.0. The van der Waals surface area contributed by atoms with Gasteiger partial charge in [0.05, 0.1) is 42.5 Å². The van der Waals surface area contributed by atoms with Crippen LogP contribution in [0.5, 0.6) is 0 Å². The van der Waals surface area contributed by atoms with Gasteiger partial charge in [0.15, 0.2) is 0 Å². The molecule has 2 amide bonds. The summed E-state index contributed by atoms with van der Waals surface area (Å²) in [5, 5.41) is 6.99. The van der Waals surface area contributed by atoms with Gasteiger partial charge in [-0.15, -0.1) is 0 Å². The molecule has 0 radical (unpaired) electrons. The highest BCUT2D eigenvalue weighted by Gasteiger charge is 2.64. The van der Waals surface area contributed by atoms with Gasteiger partial charge in [0, 0.05) is 47.1 Å². The Kier molecular flexibility index (Phi) is 10.0. The van der Waals surface area contributed by atoms with Crippen molar-refractivity contribution in [3.05, 3.63) is 0 Å². The summed E-state index contributed by atoms with van der Waals surface area (Å²) in [6.45, 7) is 3.54. The maximum absolute atomic E-state index is 14.3. The SMILES string of the molecule is COC1CCC(CCNC(=O)C(C)OC2CCC3C(C2)C2CCNC4C5CCC(OC)C(OC)C5C(=O)N3C24)CC1OC. The fourth-order valence-corrected chi connectivity index (χ4v) is 10.3. The van der Waals surface area contributed by atoms with Crippen molar-refractivity contribution in [2.24, 2.45) is 29.6 Å². The number of carbonyl (C=O) groups is 2. The van der Waals surface area contributed by atoms with Crippen molar-refractivity contribution in [2.45, 2.75) is 126 Å². The number of fused-ring (bicyclic) bond motifs is 5. The van der Waals surface area contributed by atoms with Crippen molar-refractivity contribution in [1.29, 1.82) is 0 Å². The standard InChI is InChI=1S/C33H55N3O7/c1-18(32(37)35-14-12-19-6-10-25(39-2)27(16-19)41-4)43-20-7-9-24-23(17-20)21-13-15-34-29-22-8-11-26(40-3)31(42-5)28(22)33(38)36(24)30(21)29/h18-31,34H,6-17H2,1-5H3,(H,35,37). The molecule has 3 aliphatic heterocycles. The quantitative estimate of drug-likeness (QED) is 0.391. The molecule has 43 heavy (non-hydrogen) atoms. The molecular formula is C33H55N3O7. The van der Waals surface area contributed by atoms with Gasteiger partial charge in [0.2, 0.25) is 11.8 Å². The number of hydrogen-bond acceptors (Lipinski definition) is 8. The predicted molar refractivity (Wildman–Crippen MR) is 160 cm³/mol. The van der Waals surface area contributed by atoms with Crippen LogP contribution in [0.1, 0.15) is 71.1 Å². The molecule has 0 bridgehead atoms. The number of piperidine rings is 2. The van der Waals surface area contributed by atoms with Gasteiger partial charge in [0.1, 0.15) is 6.10 Å². The van der Waals surface area contributed by atoms with Crippen LogP contribution in [0.25, 0.3) is 0 Å². The molecule has 0 aromatic heterocycles. The van der Waals surface area contributed by atoms with Gasteiger partial charge in [-0.25, -0.2) is 0 Å². The van der Waals surface area contributed by atoms with Crippen molar-refractivity contribution in [3.63, 3.8) is 0 Å². The fourth-order valence-electron chi connectivity index (χ4n) is 10.3. The highest BCUT2D eigenvalue weighted by molar-refractivity contribution is 5.83. The van der Waals surface area contributed by atoms with E-state index in [1.807, 2.05) is 6.92 Å². The number of ether oxygens (including phenoxy) is 5. The summed E-state index contributed by atoms with van der Waals surface area (Å²) in [6, 6.07) is 0.819. The second-order valence-corrected chi connectivity index (χ2v) is 14.2. The molecule has 14 atom stereocenters. The van der Waals surface area contributed by atoms with Crippen molar-refractivity contribution in [2.75, 3.05) is 41.5 Å². The average molecular weight is 606 g/mol. The molecule has 3 aliphatic carbocycles. The van der Waals surface area contributed by atoms with E-state index in [-0.39, 0.29) is 60.3 Å². The van der Waals surface area contributed by atoms with Crippen molar-refractivity contribution < 1.29 is 33.3 Å². The van der Waals surface area contributed by atoms with Crippen LogP contribution in [-0.4, -0.2) is 113 Å². The Labute approximate surface area is 257 Å². The molecule has 0 spiro atoms. The zero-order chi connectivity index (χ0) is 30.2. The van der Waals surface area contributed by atoms with Gasteiger partial charge in [-0.2, -0.15) is 0 Å². The maximum Gasteiger partial charge on any atom is 0.248 e. The van der Waals surface area contributed by atoms with Gasteiger partial charge >= 0.3 is 0 Å². The van der Waals surface area contributed by atoms with Crippen molar-refractivity contribution >= 4 is 11.8 Å². The average Bonchev–Trinajstić information content (AvgIpc) is 3.37. The minimum atomic E-state index is -0.486. The number of carbonyl (C=O) groups excluding carboxylic acids is 2. The van der Waals surface area contributed by atoms with E-state index in [2.05, 4.69) is 15.5 Å². The maximum atomic E-state index is 14.3. The molecule has 3 saturated heterocycles. The van der Waals surface area contributed by atoms with Gasteiger partial charge < -0.3 is 39.2 Å². The molecule has 2 N–H and O–H groups in total. The minimum absolute atomic E-state index is 0.0284. The first kappa shape index (κ1) is 31.7. The van der Waals surface area contributed by atoms with Gasteiger partial charge in [0.25, 0.3) is 0 Å². The molecule has 6 rings (SSSR count). The second-order valence-electron chi connectivity index (χ2n) is 14.2. The number of nitrogens with one attached hydrogen (secondary N) is 2. The molecular weight excluding hydrogens is 550 g/mol. The molecule has 10 nitrogen and oxygen atoms in total. The Hall–Kier alpha value is -1.30. The van der Waals surface area contributed by atoms with E-state index < -0.39 is 6.10 Å². The lowest BCUT2D eigenvalue weighted by molar-refractivity contribution is -0.175. The molecule has 3 heterocycles. The molecule has 3 saturated carbocycles. The van der Waals surface area contributed by atoms with E-state index in [4.69, 9.17) is 23.7 Å². The van der Waals surface area contributed by atoms with Crippen LogP contribution in [0.3, 0.4) is 0 Å². The summed E-state index contributed by atoms with van der Waals surface area (Å²) in [6.07, 6.45) is 9.41. The van der Waals surface area contributed by atoms with E-state index in [9.17, 15) is 9.59 Å². The van der Waals surface area contributed by atoms with Crippen LogP contribution in [0.2, 0.25) is 0 Å². The van der Waals surface area contributed by atoms with E-state index in [0.717, 1.165) is 70.8 Å². The number of rotatable bonds is 10. The minimum Gasteiger partial charge on any atom is -0.379 e. The number of amides is 2. The largest absolute Gasteiger partial charge is 0.379 e. The van der Waals surface area contributed by atoms with Crippen LogP contribution in [0.4, 0.5) is 0 Å². The Morgan fingerprint density at radius 3 is 2.40 bits per heavy atom. The third-order valence-corrected chi connectivity index (χ3v) is 12.3. The molecule has 14 unspecified atom stereocenters. The van der Waals surface area contributed by atoms with E-state index >= 15 is 0 Å². The lowest BCUT2D eigenvalue weighted by Gasteiger charge is -2.55. The fraction of sp³-hybridized carbons (Fsp3) is 0.939. The number of nitrogens with zero attached hydrogens (tertiary/aromatic N) is 1. The third kappa shape index (κ3) is 5.89. The Bertz CT molecular complexity index is 984. The highest BCUT2D eigenvalue weighted by atomic mass is 16.5. The van der Waals surface area contributed by atoms with E-state index in [1.54, 1.807) is 28.4 Å². The Morgan fingerprint density at radius 2 is 1.65 bits per heavy atom. The van der Waals surface area contributed by atoms with Gasteiger partial charge in [-0.3, -0.25) is 9.59 Å². The zero-order valence-corrected chi connectivity index (χ0v) is 26.9. The second kappa shape index (κ2) is 13.6. The number of hydrogen-bond donors (Lipinski definition) is 2. The summed E-state index contributed by atoms with van der Waals surface area (Å²) in [5.74, 6) is 1.83.